The minimum absolute atomic E-state index is 0.164. The number of hydrogen-bond acceptors (Lipinski definition) is 2. The molecule has 0 unspecified atom stereocenters. The minimum Gasteiger partial charge on any atom is -0.379 e. The van der Waals surface area contributed by atoms with E-state index < -0.39 is 0 Å². The van der Waals surface area contributed by atoms with E-state index in [9.17, 15) is 0 Å². The molecule has 0 radical (unpaired) electrons. The lowest BCUT2D eigenvalue weighted by Crippen LogP contribution is -2.03. The Morgan fingerprint density at radius 1 is 1.17 bits per heavy atom. The minimum atomic E-state index is 0.164. The van der Waals surface area contributed by atoms with E-state index in [1.54, 1.807) is 0 Å². The molecule has 0 bridgehead atoms. The summed E-state index contributed by atoms with van der Waals surface area (Å²) in [5, 5.41) is 7.41. The molecule has 2 aromatic carbocycles. The molecule has 92 valence electrons. The van der Waals surface area contributed by atoms with E-state index in [0.717, 1.165) is 5.75 Å². The fourth-order valence-corrected chi connectivity index (χ4v) is 2.35. The highest BCUT2D eigenvalue weighted by molar-refractivity contribution is 8.13. The molecule has 0 aliphatic heterocycles. The van der Waals surface area contributed by atoms with Gasteiger partial charge in [0.1, 0.15) is 0 Å². The lowest BCUT2D eigenvalue weighted by molar-refractivity contribution is 1.36. The van der Waals surface area contributed by atoms with E-state index in [-0.39, 0.29) is 5.17 Å². The summed E-state index contributed by atoms with van der Waals surface area (Å²) in [5.41, 5.74) is 10.3. The lowest BCUT2D eigenvalue weighted by Gasteiger charge is -2.09. The maximum absolute atomic E-state index is 7.24. The molecule has 2 rings (SSSR count). The van der Waals surface area contributed by atoms with E-state index >= 15 is 0 Å². The van der Waals surface area contributed by atoms with Gasteiger partial charge >= 0.3 is 0 Å². The Kier molecular flexibility index (Phi) is 4.05. The van der Waals surface area contributed by atoms with Crippen molar-refractivity contribution in [2.75, 3.05) is 0 Å². The third kappa shape index (κ3) is 3.14. The summed E-state index contributed by atoms with van der Waals surface area (Å²) in [4.78, 5) is 0. The topological polar surface area (TPSA) is 49.9 Å². The summed E-state index contributed by atoms with van der Waals surface area (Å²) in [6, 6.07) is 16.7. The van der Waals surface area contributed by atoms with E-state index in [4.69, 9.17) is 11.1 Å². The monoisotopic (exact) mass is 256 g/mol. The quantitative estimate of drug-likeness (QED) is 0.648. The van der Waals surface area contributed by atoms with Gasteiger partial charge in [-0.25, -0.2) is 0 Å². The smallest absolute Gasteiger partial charge is 0.151 e. The molecule has 0 saturated heterocycles. The van der Waals surface area contributed by atoms with E-state index in [1.807, 2.05) is 18.2 Å². The second-order valence-corrected chi connectivity index (χ2v) is 5.19. The van der Waals surface area contributed by atoms with Crippen LogP contribution in [0, 0.1) is 12.3 Å². The molecule has 0 fully saturated rings. The molecule has 0 amide bonds. The van der Waals surface area contributed by atoms with Gasteiger partial charge in [0, 0.05) is 5.75 Å². The summed E-state index contributed by atoms with van der Waals surface area (Å²) in [6.07, 6.45) is 0. The lowest BCUT2D eigenvalue weighted by atomic mass is 9.99. The summed E-state index contributed by atoms with van der Waals surface area (Å²) in [7, 11) is 0. The van der Waals surface area contributed by atoms with Crippen LogP contribution in [0.2, 0.25) is 0 Å². The average Bonchev–Trinajstić information content (AvgIpc) is 2.38. The standard InChI is InChI=1S/C15H16N2S/c1-11-7-8-12(10-18-15(16)17)9-14(11)13-5-3-2-4-6-13/h2-9H,10H2,1H3,(H3,16,17). The first kappa shape index (κ1) is 12.7. The molecule has 0 atom stereocenters. The van der Waals surface area contributed by atoms with Crippen molar-refractivity contribution in [3.05, 3.63) is 59.7 Å². The van der Waals surface area contributed by atoms with Gasteiger partial charge in [-0.1, -0.05) is 60.3 Å². The van der Waals surface area contributed by atoms with Gasteiger partial charge in [-0.2, -0.15) is 0 Å². The average molecular weight is 256 g/mol. The van der Waals surface area contributed by atoms with Crippen LogP contribution in [0.15, 0.2) is 48.5 Å². The Hall–Kier alpha value is -1.74. The van der Waals surface area contributed by atoms with Gasteiger partial charge in [0.25, 0.3) is 0 Å². The van der Waals surface area contributed by atoms with Gasteiger partial charge < -0.3 is 5.73 Å². The van der Waals surface area contributed by atoms with Crippen molar-refractivity contribution in [1.29, 1.82) is 5.41 Å². The molecular formula is C15H16N2S. The Morgan fingerprint density at radius 2 is 1.89 bits per heavy atom. The van der Waals surface area contributed by atoms with Crippen molar-refractivity contribution in [3.8, 4) is 11.1 Å². The number of amidine groups is 1. The van der Waals surface area contributed by atoms with Crippen molar-refractivity contribution >= 4 is 16.9 Å². The van der Waals surface area contributed by atoms with Gasteiger partial charge in [0.15, 0.2) is 5.17 Å². The number of nitrogens with two attached hydrogens (primary N) is 1. The normalized spacial score (nSPS) is 10.3. The van der Waals surface area contributed by atoms with Crippen molar-refractivity contribution in [2.45, 2.75) is 12.7 Å². The van der Waals surface area contributed by atoms with E-state index in [1.165, 1.54) is 34.0 Å². The largest absolute Gasteiger partial charge is 0.379 e. The zero-order valence-electron chi connectivity index (χ0n) is 10.3. The molecule has 2 aromatic rings. The third-order valence-electron chi connectivity index (χ3n) is 2.78. The summed E-state index contributed by atoms with van der Waals surface area (Å²) < 4.78 is 0. The first-order valence-electron chi connectivity index (χ1n) is 5.78. The SMILES string of the molecule is Cc1ccc(CSC(=N)N)cc1-c1ccccc1. The highest BCUT2D eigenvalue weighted by atomic mass is 32.2. The fraction of sp³-hybridized carbons (Fsp3) is 0.133. The number of benzene rings is 2. The van der Waals surface area contributed by atoms with Gasteiger partial charge in [0.05, 0.1) is 0 Å². The maximum atomic E-state index is 7.24. The molecule has 3 N–H and O–H groups in total. The number of rotatable bonds is 3. The Morgan fingerprint density at radius 3 is 2.56 bits per heavy atom. The number of thioether (sulfide) groups is 1. The van der Waals surface area contributed by atoms with Gasteiger partial charge in [0.2, 0.25) is 0 Å². The van der Waals surface area contributed by atoms with Crippen molar-refractivity contribution in [3.63, 3.8) is 0 Å². The summed E-state index contributed by atoms with van der Waals surface area (Å²) in [5.74, 6) is 0.745. The van der Waals surface area contributed by atoms with Crippen LogP contribution in [0.4, 0.5) is 0 Å². The van der Waals surface area contributed by atoms with Crippen LogP contribution < -0.4 is 5.73 Å². The molecule has 3 heteroatoms. The molecule has 0 heterocycles. The third-order valence-corrected chi connectivity index (χ3v) is 3.57. The molecule has 0 saturated carbocycles. The van der Waals surface area contributed by atoms with Crippen molar-refractivity contribution < 1.29 is 0 Å². The summed E-state index contributed by atoms with van der Waals surface area (Å²) >= 11 is 1.36. The van der Waals surface area contributed by atoms with Gasteiger partial charge in [-0.05, 0) is 29.2 Å². The maximum Gasteiger partial charge on any atom is 0.151 e. The molecule has 2 nitrogen and oxygen atoms in total. The first-order valence-corrected chi connectivity index (χ1v) is 6.77. The van der Waals surface area contributed by atoms with Crippen molar-refractivity contribution in [1.82, 2.24) is 0 Å². The number of hydrogen-bond donors (Lipinski definition) is 2. The summed E-state index contributed by atoms with van der Waals surface area (Å²) in [6.45, 7) is 2.12. The number of aryl methyl sites for hydroxylation is 1. The van der Waals surface area contributed by atoms with Gasteiger partial charge in [-0.15, -0.1) is 0 Å². The van der Waals surface area contributed by atoms with Crippen LogP contribution in [-0.4, -0.2) is 5.17 Å². The fourth-order valence-electron chi connectivity index (χ4n) is 1.85. The molecule has 0 aromatic heterocycles. The molecule has 0 spiro atoms. The first-order chi connectivity index (χ1) is 8.66. The zero-order valence-corrected chi connectivity index (χ0v) is 11.1. The van der Waals surface area contributed by atoms with Gasteiger partial charge in [-0.3, -0.25) is 5.41 Å². The van der Waals surface area contributed by atoms with Crippen LogP contribution >= 0.6 is 11.8 Å². The Labute approximate surface area is 112 Å². The number of nitrogens with one attached hydrogen (secondary N) is 1. The molecule has 0 aliphatic carbocycles. The van der Waals surface area contributed by atoms with E-state index in [2.05, 4.69) is 37.3 Å². The predicted molar refractivity (Wildman–Crippen MR) is 79.8 cm³/mol. The highest BCUT2D eigenvalue weighted by Crippen LogP contribution is 2.25. The van der Waals surface area contributed by atoms with Crippen LogP contribution in [0.25, 0.3) is 11.1 Å². The Balaban J connectivity index is 2.30. The Bertz CT molecular complexity index is 550. The molecular weight excluding hydrogens is 240 g/mol. The van der Waals surface area contributed by atoms with Crippen LogP contribution in [0.1, 0.15) is 11.1 Å². The second-order valence-electron chi connectivity index (χ2n) is 4.17. The highest BCUT2D eigenvalue weighted by Gasteiger charge is 2.03. The molecule has 18 heavy (non-hydrogen) atoms. The molecule has 0 aliphatic rings. The second kappa shape index (κ2) is 5.74. The zero-order chi connectivity index (χ0) is 13.0. The van der Waals surface area contributed by atoms with Crippen LogP contribution in [-0.2, 0) is 5.75 Å². The predicted octanol–water partition coefficient (Wildman–Crippen LogP) is 3.79. The van der Waals surface area contributed by atoms with Crippen LogP contribution in [0.3, 0.4) is 0 Å². The van der Waals surface area contributed by atoms with Crippen molar-refractivity contribution in [2.24, 2.45) is 5.73 Å². The van der Waals surface area contributed by atoms with E-state index in [0.29, 0.717) is 0 Å². The van der Waals surface area contributed by atoms with Crippen LogP contribution in [0.5, 0.6) is 0 Å².